The van der Waals surface area contributed by atoms with Crippen molar-refractivity contribution in [2.75, 3.05) is 13.2 Å². The fourth-order valence-electron chi connectivity index (χ4n) is 2.39. The SMILES string of the molecule is C#CC(CC(=O)OCC)c1ccc(OC2CCCCO2)cc1. The number of rotatable bonds is 6. The molecule has 1 aliphatic rings. The van der Waals surface area contributed by atoms with Gasteiger partial charge in [0.1, 0.15) is 5.75 Å². The number of benzene rings is 1. The Morgan fingerprint density at radius 1 is 1.41 bits per heavy atom. The highest BCUT2D eigenvalue weighted by atomic mass is 16.7. The molecule has 0 bridgehead atoms. The van der Waals surface area contributed by atoms with Crippen LogP contribution >= 0.6 is 0 Å². The molecule has 0 spiro atoms. The zero-order chi connectivity index (χ0) is 15.8. The second-order valence-corrected chi connectivity index (χ2v) is 5.21. The van der Waals surface area contributed by atoms with Crippen molar-refractivity contribution < 1.29 is 19.0 Å². The molecule has 0 N–H and O–H groups in total. The summed E-state index contributed by atoms with van der Waals surface area (Å²) in [5, 5.41) is 0. The Balaban J connectivity index is 1.94. The van der Waals surface area contributed by atoms with Crippen LogP contribution in [0.3, 0.4) is 0 Å². The Morgan fingerprint density at radius 3 is 2.77 bits per heavy atom. The summed E-state index contributed by atoms with van der Waals surface area (Å²) in [6.07, 6.45) is 8.69. The van der Waals surface area contributed by atoms with Gasteiger partial charge < -0.3 is 14.2 Å². The lowest BCUT2D eigenvalue weighted by molar-refractivity contribution is -0.143. The third-order valence-corrected chi connectivity index (χ3v) is 3.57. The Bertz CT molecular complexity index is 509. The topological polar surface area (TPSA) is 44.8 Å². The van der Waals surface area contributed by atoms with E-state index in [9.17, 15) is 4.79 Å². The van der Waals surface area contributed by atoms with Gasteiger partial charge in [0, 0.05) is 6.42 Å². The summed E-state index contributed by atoms with van der Waals surface area (Å²) < 4.78 is 16.3. The van der Waals surface area contributed by atoms with Crippen molar-refractivity contribution in [3.63, 3.8) is 0 Å². The van der Waals surface area contributed by atoms with E-state index in [-0.39, 0.29) is 24.6 Å². The molecule has 1 aromatic carbocycles. The van der Waals surface area contributed by atoms with E-state index >= 15 is 0 Å². The molecule has 1 heterocycles. The molecule has 4 heteroatoms. The Kier molecular flexibility index (Phi) is 6.29. The first-order valence-electron chi connectivity index (χ1n) is 7.73. The van der Waals surface area contributed by atoms with Gasteiger partial charge in [-0.15, -0.1) is 6.42 Å². The van der Waals surface area contributed by atoms with Gasteiger partial charge in [0.05, 0.1) is 25.6 Å². The molecule has 2 unspecified atom stereocenters. The molecule has 2 rings (SSSR count). The van der Waals surface area contributed by atoms with Crippen LogP contribution in [-0.4, -0.2) is 25.5 Å². The fourth-order valence-corrected chi connectivity index (χ4v) is 2.39. The lowest BCUT2D eigenvalue weighted by Gasteiger charge is -2.23. The molecule has 1 fully saturated rings. The van der Waals surface area contributed by atoms with E-state index in [1.807, 2.05) is 24.3 Å². The standard InChI is InChI=1S/C18H22O4/c1-3-14(13-17(19)20-4-2)15-8-10-16(11-9-15)22-18-7-5-6-12-21-18/h1,8-11,14,18H,4-7,12-13H2,2H3. The number of carbonyl (C=O) groups is 1. The molecular formula is C18H22O4. The van der Waals surface area contributed by atoms with Crippen LogP contribution in [0.4, 0.5) is 0 Å². The van der Waals surface area contributed by atoms with Crippen molar-refractivity contribution in [1.82, 2.24) is 0 Å². The first-order valence-corrected chi connectivity index (χ1v) is 7.73. The highest BCUT2D eigenvalue weighted by molar-refractivity contribution is 5.71. The molecular weight excluding hydrogens is 280 g/mol. The Hall–Kier alpha value is -1.99. The minimum Gasteiger partial charge on any atom is -0.466 e. The summed E-state index contributed by atoms with van der Waals surface area (Å²) in [7, 11) is 0. The molecule has 0 saturated carbocycles. The average molecular weight is 302 g/mol. The Morgan fingerprint density at radius 2 is 2.18 bits per heavy atom. The maximum atomic E-state index is 11.6. The third-order valence-electron chi connectivity index (χ3n) is 3.57. The number of hydrogen-bond acceptors (Lipinski definition) is 4. The van der Waals surface area contributed by atoms with Crippen LogP contribution in [0, 0.1) is 12.3 Å². The number of hydrogen-bond donors (Lipinski definition) is 0. The molecule has 1 aliphatic heterocycles. The lowest BCUT2D eigenvalue weighted by Crippen LogP contribution is -2.24. The van der Waals surface area contributed by atoms with Gasteiger partial charge in [0.15, 0.2) is 6.29 Å². The molecule has 2 atom stereocenters. The third kappa shape index (κ3) is 4.78. The average Bonchev–Trinajstić information content (AvgIpc) is 2.55. The quantitative estimate of drug-likeness (QED) is 0.597. The van der Waals surface area contributed by atoms with Crippen molar-refractivity contribution in [3.05, 3.63) is 29.8 Å². The van der Waals surface area contributed by atoms with Crippen LogP contribution in [0.25, 0.3) is 0 Å². The first-order chi connectivity index (χ1) is 10.7. The number of esters is 1. The summed E-state index contributed by atoms with van der Waals surface area (Å²) in [5.41, 5.74) is 0.910. The van der Waals surface area contributed by atoms with E-state index in [0.717, 1.165) is 37.2 Å². The minimum atomic E-state index is -0.279. The van der Waals surface area contributed by atoms with Gasteiger partial charge in [0.2, 0.25) is 0 Å². The normalized spacial score (nSPS) is 19.0. The molecule has 22 heavy (non-hydrogen) atoms. The summed E-state index contributed by atoms with van der Waals surface area (Å²) in [6.45, 7) is 2.90. The van der Waals surface area contributed by atoms with E-state index in [1.165, 1.54) is 0 Å². The molecule has 0 aliphatic carbocycles. The maximum Gasteiger partial charge on any atom is 0.307 e. The van der Waals surface area contributed by atoms with Gasteiger partial charge in [-0.25, -0.2) is 0 Å². The van der Waals surface area contributed by atoms with Crippen molar-refractivity contribution in [3.8, 4) is 18.1 Å². The zero-order valence-corrected chi connectivity index (χ0v) is 12.9. The summed E-state index contributed by atoms with van der Waals surface area (Å²) in [5.74, 6) is 2.84. The smallest absolute Gasteiger partial charge is 0.307 e. The number of terminal acetylenes is 1. The monoisotopic (exact) mass is 302 g/mol. The zero-order valence-electron chi connectivity index (χ0n) is 12.9. The van der Waals surface area contributed by atoms with Crippen LogP contribution in [0.1, 0.15) is 44.1 Å². The van der Waals surface area contributed by atoms with E-state index in [4.69, 9.17) is 20.6 Å². The van der Waals surface area contributed by atoms with E-state index in [1.54, 1.807) is 6.92 Å². The minimum absolute atomic E-state index is 0.164. The van der Waals surface area contributed by atoms with E-state index < -0.39 is 0 Å². The fraction of sp³-hybridized carbons (Fsp3) is 0.500. The van der Waals surface area contributed by atoms with Crippen LogP contribution in [0.5, 0.6) is 5.75 Å². The second-order valence-electron chi connectivity index (χ2n) is 5.21. The van der Waals surface area contributed by atoms with Crippen LogP contribution in [-0.2, 0) is 14.3 Å². The predicted molar refractivity (Wildman–Crippen MR) is 83.5 cm³/mol. The van der Waals surface area contributed by atoms with Gasteiger partial charge in [-0.2, -0.15) is 0 Å². The van der Waals surface area contributed by atoms with Gasteiger partial charge in [-0.3, -0.25) is 4.79 Å². The molecule has 1 aromatic rings. The van der Waals surface area contributed by atoms with Gasteiger partial charge in [-0.05, 0) is 37.5 Å². The van der Waals surface area contributed by atoms with Gasteiger partial charge in [0.25, 0.3) is 0 Å². The van der Waals surface area contributed by atoms with Crippen LogP contribution in [0.2, 0.25) is 0 Å². The lowest BCUT2D eigenvalue weighted by atomic mass is 9.96. The number of carbonyl (C=O) groups excluding carboxylic acids is 1. The number of ether oxygens (including phenoxy) is 3. The summed E-state index contributed by atoms with van der Waals surface area (Å²) in [4.78, 5) is 11.6. The van der Waals surface area contributed by atoms with Crippen molar-refractivity contribution in [2.24, 2.45) is 0 Å². The molecule has 0 aromatic heterocycles. The Labute approximate surface area is 131 Å². The second kappa shape index (κ2) is 8.45. The van der Waals surface area contributed by atoms with Crippen molar-refractivity contribution >= 4 is 5.97 Å². The van der Waals surface area contributed by atoms with Crippen molar-refractivity contribution in [1.29, 1.82) is 0 Å². The predicted octanol–water partition coefficient (Wildman–Crippen LogP) is 3.26. The molecule has 118 valence electrons. The van der Waals surface area contributed by atoms with Gasteiger partial charge in [-0.1, -0.05) is 18.1 Å². The summed E-state index contributed by atoms with van der Waals surface area (Å²) >= 11 is 0. The van der Waals surface area contributed by atoms with Crippen LogP contribution < -0.4 is 4.74 Å². The van der Waals surface area contributed by atoms with Gasteiger partial charge >= 0.3 is 5.97 Å². The molecule has 4 nitrogen and oxygen atoms in total. The summed E-state index contributed by atoms with van der Waals surface area (Å²) in [6, 6.07) is 7.51. The highest BCUT2D eigenvalue weighted by Crippen LogP contribution is 2.24. The molecule has 0 amide bonds. The van der Waals surface area contributed by atoms with Crippen molar-refractivity contribution in [2.45, 2.75) is 44.8 Å². The first kappa shape index (κ1) is 16.4. The molecule has 0 radical (unpaired) electrons. The maximum absolute atomic E-state index is 11.6. The van der Waals surface area contributed by atoms with Crippen LogP contribution in [0.15, 0.2) is 24.3 Å². The highest BCUT2D eigenvalue weighted by Gasteiger charge is 2.17. The van der Waals surface area contributed by atoms with E-state index in [2.05, 4.69) is 5.92 Å². The molecule has 1 saturated heterocycles. The van der Waals surface area contributed by atoms with E-state index in [0.29, 0.717) is 6.61 Å². The largest absolute Gasteiger partial charge is 0.466 e.